The molecule has 0 aliphatic rings. The third-order valence-electron chi connectivity index (χ3n) is 3.71. The first-order valence-electron chi connectivity index (χ1n) is 8.22. The molecule has 0 saturated carbocycles. The van der Waals surface area contributed by atoms with Gasteiger partial charge in [-0.05, 0) is 32.4 Å². The van der Waals surface area contributed by atoms with Gasteiger partial charge in [0.2, 0.25) is 0 Å². The zero-order chi connectivity index (χ0) is 13.7. The molecule has 0 heterocycles. The van der Waals surface area contributed by atoms with Crippen molar-refractivity contribution in [1.82, 2.24) is 0 Å². The van der Waals surface area contributed by atoms with Crippen LogP contribution in [0.4, 0.5) is 0 Å². The van der Waals surface area contributed by atoms with Crippen molar-refractivity contribution in [3.05, 3.63) is 0 Å². The van der Waals surface area contributed by atoms with Gasteiger partial charge in [0.25, 0.3) is 0 Å². The SMILES string of the molecule is CCCC=NC(C)(CCCC)CCCCCCC. The summed E-state index contributed by atoms with van der Waals surface area (Å²) in [4.78, 5) is 4.88. The molecule has 18 heavy (non-hydrogen) atoms. The molecule has 0 aromatic carbocycles. The smallest absolute Gasteiger partial charge is 0.0576 e. The van der Waals surface area contributed by atoms with Gasteiger partial charge in [0.15, 0.2) is 0 Å². The van der Waals surface area contributed by atoms with E-state index in [0.29, 0.717) is 0 Å². The molecular weight excluding hydrogens is 218 g/mol. The molecule has 1 unspecified atom stereocenters. The highest BCUT2D eigenvalue weighted by Gasteiger charge is 2.20. The average Bonchev–Trinajstić information content (AvgIpc) is 2.37. The van der Waals surface area contributed by atoms with E-state index in [4.69, 9.17) is 4.99 Å². The Kier molecular flexibility index (Phi) is 11.5. The summed E-state index contributed by atoms with van der Waals surface area (Å²) < 4.78 is 0. The first-order chi connectivity index (χ1) is 8.68. The van der Waals surface area contributed by atoms with E-state index in [2.05, 4.69) is 33.9 Å². The molecule has 0 aromatic heterocycles. The average molecular weight is 253 g/mol. The summed E-state index contributed by atoms with van der Waals surface area (Å²) >= 11 is 0. The maximum absolute atomic E-state index is 4.88. The van der Waals surface area contributed by atoms with Crippen LogP contribution in [0.2, 0.25) is 0 Å². The van der Waals surface area contributed by atoms with Crippen molar-refractivity contribution in [2.75, 3.05) is 0 Å². The van der Waals surface area contributed by atoms with Crippen molar-refractivity contribution in [3.8, 4) is 0 Å². The van der Waals surface area contributed by atoms with Crippen LogP contribution in [0.25, 0.3) is 0 Å². The molecule has 108 valence electrons. The number of hydrogen-bond acceptors (Lipinski definition) is 1. The first-order valence-corrected chi connectivity index (χ1v) is 8.22. The van der Waals surface area contributed by atoms with Gasteiger partial charge in [-0.3, -0.25) is 4.99 Å². The van der Waals surface area contributed by atoms with E-state index in [0.717, 1.165) is 6.42 Å². The van der Waals surface area contributed by atoms with Crippen LogP contribution in [0.1, 0.15) is 98.3 Å². The van der Waals surface area contributed by atoms with Gasteiger partial charge in [-0.15, -0.1) is 0 Å². The summed E-state index contributed by atoms with van der Waals surface area (Å²) in [6, 6.07) is 0. The number of nitrogens with zero attached hydrogens (tertiary/aromatic N) is 1. The van der Waals surface area contributed by atoms with Crippen LogP contribution in [-0.4, -0.2) is 11.8 Å². The third-order valence-corrected chi connectivity index (χ3v) is 3.71. The Hall–Kier alpha value is -0.330. The van der Waals surface area contributed by atoms with Gasteiger partial charge < -0.3 is 0 Å². The van der Waals surface area contributed by atoms with Crippen LogP contribution in [0, 0.1) is 0 Å². The van der Waals surface area contributed by atoms with Gasteiger partial charge in [-0.25, -0.2) is 0 Å². The lowest BCUT2D eigenvalue weighted by Crippen LogP contribution is -2.22. The molecule has 0 fully saturated rings. The van der Waals surface area contributed by atoms with Crippen molar-refractivity contribution in [2.24, 2.45) is 4.99 Å². The van der Waals surface area contributed by atoms with Crippen molar-refractivity contribution >= 4 is 6.21 Å². The molecule has 0 aliphatic heterocycles. The largest absolute Gasteiger partial charge is 0.291 e. The summed E-state index contributed by atoms with van der Waals surface area (Å²) in [6.07, 6.45) is 16.5. The van der Waals surface area contributed by atoms with Crippen LogP contribution < -0.4 is 0 Å². The monoisotopic (exact) mass is 253 g/mol. The van der Waals surface area contributed by atoms with E-state index in [1.165, 1.54) is 64.2 Å². The fourth-order valence-corrected chi connectivity index (χ4v) is 2.34. The van der Waals surface area contributed by atoms with Gasteiger partial charge in [0.1, 0.15) is 0 Å². The first kappa shape index (κ1) is 17.7. The van der Waals surface area contributed by atoms with Crippen molar-refractivity contribution < 1.29 is 0 Å². The van der Waals surface area contributed by atoms with Gasteiger partial charge in [-0.2, -0.15) is 0 Å². The maximum atomic E-state index is 4.88. The molecule has 0 aliphatic carbocycles. The Morgan fingerprint density at radius 1 is 0.778 bits per heavy atom. The molecule has 0 aromatic rings. The van der Waals surface area contributed by atoms with Crippen molar-refractivity contribution in [1.29, 1.82) is 0 Å². The van der Waals surface area contributed by atoms with Crippen LogP contribution in [0.3, 0.4) is 0 Å². The highest BCUT2D eigenvalue weighted by atomic mass is 14.8. The standard InChI is InChI=1S/C17H35N/c1-5-8-11-12-13-15-17(4,14-9-6-2)18-16-10-7-3/h16H,5-15H2,1-4H3. The van der Waals surface area contributed by atoms with Crippen LogP contribution in [0.5, 0.6) is 0 Å². The number of unbranched alkanes of at least 4 members (excludes halogenated alkanes) is 6. The zero-order valence-corrected chi connectivity index (χ0v) is 13.3. The highest BCUT2D eigenvalue weighted by molar-refractivity contribution is 5.57. The fourth-order valence-electron chi connectivity index (χ4n) is 2.34. The lowest BCUT2D eigenvalue weighted by molar-refractivity contribution is 0.373. The molecule has 1 nitrogen and oxygen atoms in total. The summed E-state index contributed by atoms with van der Waals surface area (Å²) in [5, 5.41) is 0. The van der Waals surface area contributed by atoms with E-state index in [9.17, 15) is 0 Å². The van der Waals surface area contributed by atoms with Gasteiger partial charge >= 0.3 is 0 Å². The lowest BCUT2D eigenvalue weighted by atomic mass is 9.89. The second-order valence-corrected chi connectivity index (χ2v) is 5.87. The molecule has 0 saturated heterocycles. The zero-order valence-electron chi connectivity index (χ0n) is 13.3. The number of hydrogen-bond donors (Lipinski definition) is 0. The lowest BCUT2D eigenvalue weighted by Gasteiger charge is -2.25. The van der Waals surface area contributed by atoms with E-state index >= 15 is 0 Å². The van der Waals surface area contributed by atoms with E-state index in [-0.39, 0.29) is 5.54 Å². The normalized spacial score (nSPS) is 15.1. The summed E-state index contributed by atoms with van der Waals surface area (Å²) in [5.74, 6) is 0. The Balaban J connectivity index is 4.03. The minimum Gasteiger partial charge on any atom is -0.291 e. The second-order valence-electron chi connectivity index (χ2n) is 5.87. The molecule has 1 heteroatoms. The molecule has 0 rings (SSSR count). The van der Waals surface area contributed by atoms with Crippen molar-refractivity contribution in [3.63, 3.8) is 0 Å². The molecule has 1 atom stereocenters. The Morgan fingerprint density at radius 3 is 2.00 bits per heavy atom. The van der Waals surface area contributed by atoms with Crippen molar-refractivity contribution in [2.45, 2.75) is 104 Å². The minimum absolute atomic E-state index is 0.220. The predicted octanol–water partition coefficient (Wildman–Crippen LogP) is 6.17. The Morgan fingerprint density at radius 2 is 1.39 bits per heavy atom. The molecule has 0 radical (unpaired) electrons. The van der Waals surface area contributed by atoms with Crippen LogP contribution in [-0.2, 0) is 0 Å². The molecule has 0 spiro atoms. The quantitative estimate of drug-likeness (QED) is 0.291. The Labute approximate surface area is 115 Å². The van der Waals surface area contributed by atoms with Gasteiger partial charge in [0, 0.05) is 0 Å². The number of rotatable bonds is 12. The topological polar surface area (TPSA) is 12.4 Å². The Bertz CT molecular complexity index is 198. The maximum Gasteiger partial charge on any atom is 0.0576 e. The summed E-state index contributed by atoms with van der Waals surface area (Å²) in [6.45, 7) is 9.13. The summed E-state index contributed by atoms with van der Waals surface area (Å²) in [5.41, 5.74) is 0.220. The third kappa shape index (κ3) is 9.67. The second kappa shape index (κ2) is 11.7. The molecule has 0 N–H and O–H groups in total. The van der Waals surface area contributed by atoms with E-state index in [1.54, 1.807) is 0 Å². The van der Waals surface area contributed by atoms with Gasteiger partial charge in [-0.1, -0.05) is 72.1 Å². The van der Waals surface area contributed by atoms with Crippen LogP contribution >= 0.6 is 0 Å². The molecule has 0 amide bonds. The predicted molar refractivity (Wildman–Crippen MR) is 84.7 cm³/mol. The highest BCUT2D eigenvalue weighted by Crippen LogP contribution is 2.26. The van der Waals surface area contributed by atoms with E-state index < -0.39 is 0 Å². The van der Waals surface area contributed by atoms with Gasteiger partial charge in [0.05, 0.1) is 5.54 Å². The molecular formula is C17H35N. The fraction of sp³-hybridized carbons (Fsp3) is 0.941. The minimum atomic E-state index is 0.220. The number of aliphatic imine (C=N–C) groups is 1. The molecule has 0 bridgehead atoms. The summed E-state index contributed by atoms with van der Waals surface area (Å²) in [7, 11) is 0. The van der Waals surface area contributed by atoms with Crippen LogP contribution in [0.15, 0.2) is 4.99 Å². The van der Waals surface area contributed by atoms with E-state index in [1.807, 2.05) is 0 Å².